The summed E-state index contributed by atoms with van der Waals surface area (Å²) >= 11 is 0. The minimum absolute atomic E-state index is 0.0213. The van der Waals surface area contributed by atoms with Gasteiger partial charge in [-0.1, -0.05) is 72.8 Å². The zero-order valence-electron chi connectivity index (χ0n) is 29.4. The predicted octanol–water partition coefficient (Wildman–Crippen LogP) is 6.81. The number of carbonyl (C=O) groups is 2. The van der Waals surface area contributed by atoms with Gasteiger partial charge in [-0.05, 0) is 72.3 Å². The van der Waals surface area contributed by atoms with Crippen LogP contribution in [0.5, 0.6) is 17.2 Å². The number of hydrogen-bond acceptors (Lipinski definition) is 6. The maximum Gasteiger partial charge on any atom is 0.234 e. The van der Waals surface area contributed by atoms with Gasteiger partial charge in [0.25, 0.3) is 0 Å². The Bertz CT molecular complexity index is 1970. The van der Waals surface area contributed by atoms with Crippen LogP contribution in [0.1, 0.15) is 60.0 Å². The van der Waals surface area contributed by atoms with E-state index in [1.165, 1.54) is 5.56 Å². The molecule has 3 unspecified atom stereocenters. The Morgan fingerprint density at radius 3 is 2.12 bits per heavy atom. The highest BCUT2D eigenvalue weighted by Crippen LogP contribution is 2.45. The van der Waals surface area contributed by atoms with E-state index in [9.17, 15) is 9.59 Å². The van der Waals surface area contributed by atoms with Gasteiger partial charge in [-0.2, -0.15) is 0 Å². The molecule has 5 aromatic rings. The number of ether oxygens (including phenoxy) is 3. The van der Waals surface area contributed by atoms with Crippen molar-refractivity contribution < 1.29 is 23.8 Å². The van der Waals surface area contributed by atoms with E-state index in [0.29, 0.717) is 23.7 Å². The van der Waals surface area contributed by atoms with Crippen LogP contribution in [0, 0.1) is 11.8 Å². The molecule has 51 heavy (non-hydrogen) atoms. The highest BCUT2D eigenvalue weighted by Gasteiger charge is 2.40. The lowest BCUT2D eigenvalue weighted by Crippen LogP contribution is -2.50. The van der Waals surface area contributed by atoms with Gasteiger partial charge in [0.2, 0.25) is 11.8 Å². The Labute approximate surface area is 298 Å². The van der Waals surface area contributed by atoms with Crippen molar-refractivity contribution in [2.75, 3.05) is 21.3 Å². The van der Waals surface area contributed by atoms with Crippen molar-refractivity contribution >= 4 is 22.7 Å². The van der Waals surface area contributed by atoms with E-state index in [1.54, 1.807) is 33.5 Å². The van der Waals surface area contributed by atoms with Crippen LogP contribution >= 0.6 is 0 Å². The van der Waals surface area contributed by atoms with Gasteiger partial charge < -0.3 is 30.2 Å². The number of carbonyl (C=O) groups excluding carboxylic acids is 2. The number of fused-ring (bicyclic) bond motifs is 3. The second-order valence-corrected chi connectivity index (χ2v) is 13.7. The highest BCUT2D eigenvalue weighted by molar-refractivity contribution is 5.88. The zero-order chi connectivity index (χ0) is 35.5. The normalized spacial score (nSPS) is 20.6. The number of aromatic nitrogens is 1. The molecular formula is C42H46N4O5. The van der Waals surface area contributed by atoms with Crippen LogP contribution in [0.15, 0.2) is 91.0 Å². The van der Waals surface area contributed by atoms with Crippen LogP contribution < -0.4 is 30.6 Å². The lowest BCUT2D eigenvalue weighted by Gasteiger charge is -2.40. The summed E-state index contributed by atoms with van der Waals surface area (Å²) in [6.45, 7) is 0.243. The van der Waals surface area contributed by atoms with Crippen LogP contribution in [-0.4, -0.2) is 44.2 Å². The average Bonchev–Trinajstić information content (AvgIpc) is 3.56. The summed E-state index contributed by atoms with van der Waals surface area (Å²) in [6.07, 6.45) is 4.13. The highest BCUT2D eigenvalue weighted by atomic mass is 16.5. The fourth-order valence-corrected chi connectivity index (χ4v) is 8.32. The second-order valence-electron chi connectivity index (χ2n) is 13.7. The largest absolute Gasteiger partial charge is 0.496 e. The Morgan fingerprint density at radius 1 is 0.824 bits per heavy atom. The summed E-state index contributed by atoms with van der Waals surface area (Å²) in [5.41, 5.74) is 13.3. The molecule has 4 aromatic carbocycles. The third kappa shape index (κ3) is 6.90. The maximum atomic E-state index is 14.4. The number of primary amides is 1. The molecule has 0 bridgehead atoms. The molecule has 9 nitrogen and oxygen atoms in total. The molecule has 9 heteroatoms. The standard InChI is InChI=1S/C42H46N4O5/c1-49-30-21-36(50-2)33(37(22-30)51-3)24-44-42(48)38(27-15-13-26(14-16-27)25-9-5-4-6-10-25)28-17-19-29(20-18-28)39-40-32(23-35(46-39)41(43)47)31-11-7-8-12-34(31)45-40/h4-16,21-22,28-29,35,38-39,45-46H,17-20,23-24H2,1-3H3,(H2,43,47)(H,44,48). The molecule has 1 saturated carbocycles. The number of benzene rings is 4. The molecular weight excluding hydrogens is 640 g/mol. The molecule has 264 valence electrons. The molecule has 1 fully saturated rings. The first-order valence-corrected chi connectivity index (χ1v) is 17.7. The van der Waals surface area contributed by atoms with Crippen molar-refractivity contribution in [2.45, 2.75) is 56.7 Å². The first-order chi connectivity index (χ1) is 24.9. The lowest BCUT2D eigenvalue weighted by molar-refractivity contribution is -0.124. The van der Waals surface area contributed by atoms with E-state index in [1.807, 2.05) is 30.3 Å². The molecule has 1 aliphatic carbocycles. The van der Waals surface area contributed by atoms with Gasteiger partial charge in [0.15, 0.2) is 0 Å². The first kappa shape index (κ1) is 34.2. The van der Waals surface area contributed by atoms with Gasteiger partial charge in [0, 0.05) is 28.7 Å². The average molecular weight is 687 g/mol. The van der Waals surface area contributed by atoms with Gasteiger partial charge in [0.1, 0.15) is 17.2 Å². The zero-order valence-corrected chi connectivity index (χ0v) is 29.4. The first-order valence-electron chi connectivity index (χ1n) is 17.7. The molecule has 2 aliphatic rings. The van der Waals surface area contributed by atoms with Crippen LogP contribution in [-0.2, 0) is 22.6 Å². The number of rotatable bonds is 11. The smallest absolute Gasteiger partial charge is 0.234 e. The topological polar surface area (TPSA) is 128 Å². The number of amides is 2. The van der Waals surface area contributed by atoms with E-state index in [4.69, 9.17) is 19.9 Å². The minimum atomic E-state index is -0.423. The number of nitrogens with two attached hydrogens (primary N) is 1. The van der Waals surface area contributed by atoms with Crippen molar-refractivity contribution in [2.24, 2.45) is 17.6 Å². The number of para-hydroxylation sites is 1. The number of aromatic amines is 1. The monoisotopic (exact) mass is 686 g/mol. The molecule has 0 spiro atoms. The van der Waals surface area contributed by atoms with Gasteiger partial charge in [0.05, 0.1) is 51.4 Å². The number of hydrogen-bond donors (Lipinski definition) is 4. The van der Waals surface area contributed by atoms with E-state index in [0.717, 1.165) is 64.5 Å². The third-order valence-corrected chi connectivity index (χ3v) is 11.0. The molecule has 5 N–H and O–H groups in total. The quantitative estimate of drug-likeness (QED) is 0.121. The van der Waals surface area contributed by atoms with Crippen molar-refractivity contribution in [3.63, 3.8) is 0 Å². The molecule has 0 saturated heterocycles. The molecule has 7 rings (SSSR count). The molecule has 0 radical (unpaired) electrons. The van der Waals surface area contributed by atoms with Crippen molar-refractivity contribution in [3.05, 3.63) is 113 Å². The Morgan fingerprint density at radius 2 is 1.47 bits per heavy atom. The fraction of sp³-hybridized carbons (Fsp3) is 0.333. The van der Waals surface area contributed by atoms with Crippen molar-refractivity contribution in [3.8, 4) is 28.4 Å². The summed E-state index contributed by atoms with van der Waals surface area (Å²) < 4.78 is 16.8. The van der Waals surface area contributed by atoms with Crippen LogP contribution in [0.3, 0.4) is 0 Å². The SMILES string of the molecule is COc1cc(OC)c(CNC(=O)C(c2ccc(-c3ccccc3)cc2)C2CCC(C3NC(C(N)=O)Cc4c3[nH]c3ccccc43)CC2)c(OC)c1. The Balaban J connectivity index is 1.15. The van der Waals surface area contributed by atoms with Crippen LogP contribution in [0.4, 0.5) is 0 Å². The van der Waals surface area contributed by atoms with Gasteiger partial charge in [-0.15, -0.1) is 0 Å². The van der Waals surface area contributed by atoms with Crippen molar-refractivity contribution in [1.82, 2.24) is 15.6 Å². The fourth-order valence-electron chi connectivity index (χ4n) is 8.32. The van der Waals surface area contributed by atoms with Gasteiger partial charge in [-0.3, -0.25) is 14.9 Å². The van der Waals surface area contributed by atoms with Gasteiger partial charge in [-0.25, -0.2) is 0 Å². The van der Waals surface area contributed by atoms with Crippen LogP contribution in [0.25, 0.3) is 22.0 Å². The predicted molar refractivity (Wildman–Crippen MR) is 199 cm³/mol. The Kier molecular flexibility index (Phi) is 9.99. The van der Waals surface area contributed by atoms with Crippen LogP contribution in [0.2, 0.25) is 0 Å². The van der Waals surface area contributed by atoms with Gasteiger partial charge >= 0.3 is 0 Å². The van der Waals surface area contributed by atoms with E-state index in [-0.39, 0.29) is 42.2 Å². The second kappa shape index (κ2) is 14.9. The lowest BCUT2D eigenvalue weighted by atomic mass is 9.70. The molecule has 1 aliphatic heterocycles. The van der Waals surface area contributed by atoms with E-state index in [2.05, 4.69) is 64.1 Å². The Hall–Kier alpha value is -5.28. The summed E-state index contributed by atoms with van der Waals surface area (Å²) in [7, 11) is 4.79. The molecule has 3 atom stereocenters. The molecule has 2 heterocycles. The summed E-state index contributed by atoms with van der Waals surface area (Å²) in [4.78, 5) is 30.5. The minimum Gasteiger partial charge on any atom is -0.496 e. The number of H-pyrrole nitrogens is 1. The summed E-state index contributed by atoms with van der Waals surface area (Å²) in [6, 6.07) is 30.1. The van der Waals surface area contributed by atoms with E-state index < -0.39 is 6.04 Å². The molecule has 2 amide bonds. The van der Waals surface area contributed by atoms with E-state index >= 15 is 0 Å². The third-order valence-electron chi connectivity index (χ3n) is 11.0. The number of nitrogens with one attached hydrogen (secondary N) is 3. The molecule has 1 aromatic heterocycles. The number of methoxy groups -OCH3 is 3. The summed E-state index contributed by atoms with van der Waals surface area (Å²) in [5, 5.41) is 8.00. The maximum absolute atomic E-state index is 14.4. The summed E-state index contributed by atoms with van der Waals surface area (Å²) in [5.74, 6) is 1.48. The van der Waals surface area contributed by atoms with Crippen molar-refractivity contribution in [1.29, 1.82) is 0 Å².